The number of hydrogen-bond donors (Lipinski definition) is 3. The van der Waals surface area contributed by atoms with E-state index in [4.69, 9.17) is 5.11 Å². The Bertz CT molecular complexity index is 675. The van der Waals surface area contributed by atoms with Crippen molar-refractivity contribution in [2.75, 3.05) is 6.61 Å². The van der Waals surface area contributed by atoms with Crippen molar-refractivity contribution in [3.63, 3.8) is 0 Å². The lowest BCUT2D eigenvalue weighted by Gasteiger charge is -2.23. The molecular weight excluding hydrogens is 325 g/mol. The van der Waals surface area contributed by atoms with Crippen LogP contribution in [0.25, 0.3) is 11.3 Å². The number of benzene rings is 1. The zero-order valence-corrected chi connectivity index (χ0v) is 12.4. The highest BCUT2D eigenvalue weighted by molar-refractivity contribution is 5.82. The number of carbonyl (C=O) groups is 1. The Morgan fingerprint density at radius 3 is 2.33 bits per heavy atom. The molecule has 1 aromatic heterocycles. The largest absolute Gasteiger partial charge is 0.471 e. The molecule has 0 fully saturated rings. The third kappa shape index (κ3) is 4.30. The van der Waals surface area contributed by atoms with Crippen LogP contribution in [0.2, 0.25) is 0 Å². The van der Waals surface area contributed by atoms with Gasteiger partial charge in [-0.25, -0.2) is 0 Å². The van der Waals surface area contributed by atoms with Crippen LogP contribution >= 0.6 is 0 Å². The molecule has 8 heteroatoms. The fraction of sp³-hybridized carbons (Fsp3) is 0.250. The van der Waals surface area contributed by atoms with Gasteiger partial charge in [-0.05, 0) is 17.7 Å². The first-order chi connectivity index (χ1) is 11.3. The van der Waals surface area contributed by atoms with E-state index in [-0.39, 0.29) is 5.56 Å². The summed E-state index contributed by atoms with van der Waals surface area (Å²) in [5.41, 5.74) is 1.71. The lowest BCUT2D eigenvalue weighted by molar-refractivity contribution is -0.175. The lowest BCUT2D eigenvalue weighted by Crippen LogP contribution is -2.47. The van der Waals surface area contributed by atoms with Gasteiger partial charge in [0, 0.05) is 11.8 Å². The summed E-state index contributed by atoms with van der Waals surface area (Å²) >= 11 is 0. The van der Waals surface area contributed by atoms with Crippen molar-refractivity contribution in [2.45, 2.75) is 18.3 Å². The fourth-order valence-electron chi connectivity index (χ4n) is 2.09. The van der Waals surface area contributed by atoms with E-state index in [0.29, 0.717) is 5.69 Å². The van der Waals surface area contributed by atoms with Gasteiger partial charge < -0.3 is 15.5 Å². The summed E-state index contributed by atoms with van der Waals surface area (Å²) in [6, 6.07) is 10.2. The molecule has 3 N–H and O–H groups in total. The molecule has 0 aliphatic carbocycles. The van der Waals surface area contributed by atoms with Crippen LogP contribution in [-0.4, -0.2) is 39.9 Å². The van der Waals surface area contributed by atoms with Crippen molar-refractivity contribution < 1.29 is 28.2 Å². The molecule has 5 nitrogen and oxygen atoms in total. The highest BCUT2D eigenvalue weighted by Crippen LogP contribution is 2.23. The van der Waals surface area contributed by atoms with Crippen LogP contribution in [0.15, 0.2) is 48.7 Å². The Hall–Kier alpha value is -2.45. The van der Waals surface area contributed by atoms with Crippen molar-refractivity contribution in [1.29, 1.82) is 0 Å². The maximum atomic E-state index is 12.3. The minimum atomic E-state index is -5.09. The van der Waals surface area contributed by atoms with E-state index in [1.54, 1.807) is 41.8 Å². The number of alkyl halides is 3. The zero-order chi connectivity index (χ0) is 17.7. The topological polar surface area (TPSA) is 82.5 Å². The molecule has 2 atom stereocenters. The van der Waals surface area contributed by atoms with Crippen LogP contribution in [0.4, 0.5) is 13.2 Å². The van der Waals surface area contributed by atoms with Gasteiger partial charge in [0.15, 0.2) is 0 Å². The first-order valence-corrected chi connectivity index (χ1v) is 7.01. The van der Waals surface area contributed by atoms with Crippen LogP contribution in [0.5, 0.6) is 0 Å². The molecule has 1 heterocycles. The summed E-state index contributed by atoms with van der Waals surface area (Å²) in [5.74, 6) is -2.22. The predicted octanol–water partition coefficient (Wildman–Crippen LogP) is 1.82. The lowest BCUT2D eigenvalue weighted by atomic mass is 10.00. The molecule has 0 saturated heterocycles. The van der Waals surface area contributed by atoms with Gasteiger partial charge in [0.25, 0.3) is 0 Å². The second-order valence-corrected chi connectivity index (χ2v) is 5.04. The number of rotatable bonds is 5. The molecular formula is C16H15F3N2O3. The van der Waals surface area contributed by atoms with Gasteiger partial charge in [-0.3, -0.25) is 9.78 Å². The number of pyridine rings is 1. The zero-order valence-electron chi connectivity index (χ0n) is 12.4. The van der Waals surface area contributed by atoms with Crippen LogP contribution in [-0.2, 0) is 4.79 Å². The standard InChI is InChI=1S/C16H15F3N2O3/c17-16(18,19)15(24)21-13(9-22)14(23)11-6-4-10(5-7-11)12-3-1-2-8-20-12/h1-8,13-14,22-23H,9H2,(H,21,24). The third-order valence-corrected chi connectivity index (χ3v) is 3.36. The molecule has 0 bridgehead atoms. The maximum absolute atomic E-state index is 12.3. The molecule has 24 heavy (non-hydrogen) atoms. The first kappa shape index (κ1) is 17.9. The average molecular weight is 340 g/mol. The van der Waals surface area contributed by atoms with E-state index < -0.39 is 30.8 Å². The van der Waals surface area contributed by atoms with Gasteiger partial charge in [-0.2, -0.15) is 13.2 Å². The van der Waals surface area contributed by atoms with E-state index in [1.807, 2.05) is 0 Å². The smallest absolute Gasteiger partial charge is 0.394 e. The summed E-state index contributed by atoms with van der Waals surface area (Å²) in [4.78, 5) is 15.1. The molecule has 2 aromatic rings. The van der Waals surface area contributed by atoms with E-state index in [1.165, 1.54) is 12.1 Å². The predicted molar refractivity (Wildman–Crippen MR) is 79.7 cm³/mol. The van der Waals surface area contributed by atoms with E-state index in [9.17, 15) is 23.1 Å². The normalized spacial score (nSPS) is 14.0. The van der Waals surface area contributed by atoms with Gasteiger partial charge in [-0.15, -0.1) is 0 Å². The van der Waals surface area contributed by atoms with Gasteiger partial charge in [0.05, 0.1) is 18.3 Å². The Morgan fingerprint density at radius 1 is 1.17 bits per heavy atom. The molecule has 0 radical (unpaired) electrons. The Kier molecular flexibility index (Phi) is 5.53. The SMILES string of the molecule is O=C(NC(CO)C(O)c1ccc(-c2ccccn2)cc1)C(F)(F)F. The number of aliphatic hydroxyl groups excluding tert-OH is 2. The molecule has 1 aromatic carbocycles. The summed E-state index contributed by atoms with van der Waals surface area (Å²) < 4.78 is 36.8. The number of carbonyl (C=O) groups excluding carboxylic acids is 1. The summed E-state index contributed by atoms with van der Waals surface area (Å²) in [6.07, 6.45) is -4.96. The second kappa shape index (κ2) is 7.41. The van der Waals surface area contributed by atoms with E-state index >= 15 is 0 Å². The molecule has 2 rings (SSSR count). The van der Waals surface area contributed by atoms with Crippen molar-refractivity contribution in [1.82, 2.24) is 10.3 Å². The highest BCUT2D eigenvalue weighted by atomic mass is 19.4. The molecule has 0 aliphatic heterocycles. The maximum Gasteiger partial charge on any atom is 0.471 e. The summed E-state index contributed by atoms with van der Waals surface area (Å²) in [6.45, 7) is -0.842. The van der Waals surface area contributed by atoms with Crippen LogP contribution in [0.3, 0.4) is 0 Å². The Morgan fingerprint density at radius 2 is 1.83 bits per heavy atom. The quantitative estimate of drug-likeness (QED) is 0.775. The monoisotopic (exact) mass is 340 g/mol. The van der Waals surface area contributed by atoms with E-state index in [0.717, 1.165) is 5.56 Å². The number of amides is 1. The number of aromatic nitrogens is 1. The molecule has 128 valence electrons. The Labute approximate surface area is 135 Å². The van der Waals surface area contributed by atoms with Gasteiger partial charge in [0.2, 0.25) is 0 Å². The summed E-state index contributed by atoms with van der Waals surface area (Å²) in [7, 11) is 0. The highest BCUT2D eigenvalue weighted by Gasteiger charge is 2.40. The minimum absolute atomic E-state index is 0.260. The number of halogens is 3. The van der Waals surface area contributed by atoms with Crippen molar-refractivity contribution in [3.8, 4) is 11.3 Å². The number of hydrogen-bond acceptors (Lipinski definition) is 4. The van der Waals surface area contributed by atoms with Crippen LogP contribution < -0.4 is 5.32 Å². The number of aliphatic hydroxyl groups is 2. The molecule has 0 saturated carbocycles. The molecule has 0 aliphatic rings. The van der Waals surface area contributed by atoms with Gasteiger partial charge in [-0.1, -0.05) is 30.3 Å². The van der Waals surface area contributed by atoms with Crippen LogP contribution in [0, 0.1) is 0 Å². The fourth-order valence-corrected chi connectivity index (χ4v) is 2.09. The van der Waals surface area contributed by atoms with Crippen LogP contribution in [0.1, 0.15) is 11.7 Å². The van der Waals surface area contributed by atoms with E-state index in [2.05, 4.69) is 4.98 Å². The van der Waals surface area contributed by atoms with Gasteiger partial charge in [0.1, 0.15) is 6.10 Å². The number of nitrogens with zero attached hydrogens (tertiary/aromatic N) is 1. The van der Waals surface area contributed by atoms with Crippen molar-refractivity contribution in [3.05, 3.63) is 54.2 Å². The summed E-state index contributed by atoms with van der Waals surface area (Å²) in [5, 5.41) is 20.8. The molecule has 2 unspecified atom stereocenters. The van der Waals surface area contributed by atoms with Crippen molar-refractivity contribution in [2.24, 2.45) is 0 Å². The minimum Gasteiger partial charge on any atom is -0.394 e. The third-order valence-electron chi connectivity index (χ3n) is 3.36. The first-order valence-electron chi connectivity index (χ1n) is 7.01. The number of nitrogens with one attached hydrogen (secondary N) is 1. The molecule has 1 amide bonds. The average Bonchev–Trinajstić information content (AvgIpc) is 2.59. The van der Waals surface area contributed by atoms with Crippen molar-refractivity contribution >= 4 is 5.91 Å². The molecule has 0 spiro atoms. The van der Waals surface area contributed by atoms with Gasteiger partial charge >= 0.3 is 12.1 Å². The second-order valence-electron chi connectivity index (χ2n) is 5.04. The Balaban J connectivity index is 2.13.